The molecule has 0 unspecified atom stereocenters. The largest absolute Gasteiger partial charge is 0.398 e. The van der Waals surface area contributed by atoms with E-state index in [0.29, 0.717) is 0 Å². The van der Waals surface area contributed by atoms with Crippen molar-refractivity contribution in [3.8, 4) is 0 Å². The van der Waals surface area contributed by atoms with Crippen LogP contribution in [-0.4, -0.2) is 43.5 Å². The van der Waals surface area contributed by atoms with E-state index in [1.54, 1.807) is 0 Å². The Morgan fingerprint density at radius 2 is 2.00 bits per heavy atom. The Kier molecular flexibility index (Phi) is 5.08. The summed E-state index contributed by atoms with van der Waals surface area (Å²) in [5.74, 6) is 0.829. The number of halogens is 1. The molecule has 1 aromatic rings. The summed E-state index contributed by atoms with van der Waals surface area (Å²) >= 11 is 6.23. The molecular formula is C15H24ClN3. The molecule has 1 aliphatic heterocycles. The van der Waals surface area contributed by atoms with Crippen molar-refractivity contribution in [3.63, 3.8) is 0 Å². The van der Waals surface area contributed by atoms with Gasteiger partial charge in [-0.25, -0.2) is 0 Å². The molecule has 1 aromatic carbocycles. The van der Waals surface area contributed by atoms with Crippen LogP contribution < -0.4 is 5.73 Å². The minimum atomic E-state index is 0.787. The molecule has 4 heteroatoms. The number of piperidine rings is 1. The molecule has 0 spiro atoms. The number of anilines is 1. The van der Waals surface area contributed by atoms with Crippen molar-refractivity contribution in [2.24, 2.45) is 5.92 Å². The lowest BCUT2D eigenvalue weighted by Crippen LogP contribution is -2.36. The molecule has 2 rings (SSSR count). The normalized spacial score (nSPS) is 18.1. The maximum absolute atomic E-state index is 6.23. The highest BCUT2D eigenvalue weighted by Crippen LogP contribution is 2.26. The highest BCUT2D eigenvalue weighted by Gasteiger charge is 2.20. The van der Waals surface area contributed by atoms with Gasteiger partial charge in [0.15, 0.2) is 0 Å². The Bertz CT molecular complexity index is 392. The Labute approximate surface area is 121 Å². The van der Waals surface area contributed by atoms with Crippen molar-refractivity contribution in [2.45, 2.75) is 19.4 Å². The van der Waals surface area contributed by atoms with Gasteiger partial charge in [-0.2, -0.15) is 0 Å². The first-order valence-corrected chi connectivity index (χ1v) is 7.34. The fourth-order valence-corrected chi connectivity index (χ4v) is 3.05. The first-order chi connectivity index (χ1) is 9.06. The molecular weight excluding hydrogens is 258 g/mol. The second-order valence-electron chi connectivity index (χ2n) is 5.79. The summed E-state index contributed by atoms with van der Waals surface area (Å²) in [5, 5.41) is 0.787. The van der Waals surface area contributed by atoms with Crippen molar-refractivity contribution in [3.05, 3.63) is 28.8 Å². The molecule has 3 nitrogen and oxygen atoms in total. The van der Waals surface area contributed by atoms with Crippen LogP contribution in [-0.2, 0) is 6.54 Å². The van der Waals surface area contributed by atoms with Gasteiger partial charge in [0.25, 0.3) is 0 Å². The van der Waals surface area contributed by atoms with Crippen LogP contribution >= 0.6 is 11.6 Å². The fourth-order valence-electron chi connectivity index (χ4n) is 2.81. The lowest BCUT2D eigenvalue weighted by molar-refractivity contribution is 0.157. The van der Waals surface area contributed by atoms with Crippen LogP contribution in [0.4, 0.5) is 5.69 Å². The maximum Gasteiger partial charge on any atom is 0.0471 e. The molecule has 0 aromatic heterocycles. The number of hydrogen-bond acceptors (Lipinski definition) is 3. The van der Waals surface area contributed by atoms with Gasteiger partial charge in [0.05, 0.1) is 0 Å². The van der Waals surface area contributed by atoms with Crippen molar-refractivity contribution >= 4 is 17.3 Å². The van der Waals surface area contributed by atoms with Crippen molar-refractivity contribution in [1.29, 1.82) is 0 Å². The van der Waals surface area contributed by atoms with E-state index in [4.69, 9.17) is 17.3 Å². The second kappa shape index (κ2) is 6.60. The topological polar surface area (TPSA) is 32.5 Å². The van der Waals surface area contributed by atoms with E-state index in [0.717, 1.165) is 41.8 Å². The quantitative estimate of drug-likeness (QED) is 0.862. The molecule has 0 atom stereocenters. The number of hydrogen-bond donors (Lipinski definition) is 1. The van der Waals surface area contributed by atoms with E-state index >= 15 is 0 Å². The Hall–Kier alpha value is -0.770. The minimum Gasteiger partial charge on any atom is -0.398 e. The van der Waals surface area contributed by atoms with Gasteiger partial charge in [0.1, 0.15) is 0 Å². The highest BCUT2D eigenvalue weighted by atomic mass is 35.5. The summed E-state index contributed by atoms with van der Waals surface area (Å²) in [7, 11) is 4.30. The van der Waals surface area contributed by atoms with E-state index in [2.05, 4.69) is 23.9 Å². The Balaban J connectivity index is 1.89. The van der Waals surface area contributed by atoms with E-state index < -0.39 is 0 Å². The van der Waals surface area contributed by atoms with Gasteiger partial charge in [-0.1, -0.05) is 17.7 Å². The number of nitrogens with two attached hydrogens (primary N) is 1. The maximum atomic E-state index is 6.23. The van der Waals surface area contributed by atoms with Gasteiger partial charge in [-0.3, -0.25) is 4.90 Å². The lowest BCUT2D eigenvalue weighted by Gasteiger charge is -2.33. The Morgan fingerprint density at radius 3 is 2.58 bits per heavy atom. The van der Waals surface area contributed by atoms with Crippen LogP contribution in [0.15, 0.2) is 18.2 Å². The van der Waals surface area contributed by atoms with E-state index in [9.17, 15) is 0 Å². The van der Waals surface area contributed by atoms with Crippen molar-refractivity contribution in [1.82, 2.24) is 9.80 Å². The summed E-state index contributed by atoms with van der Waals surface area (Å²) in [6.45, 7) is 4.36. The van der Waals surface area contributed by atoms with Gasteiger partial charge in [-0.15, -0.1) is 0 Å². The number of rotatable bonds is 4. The van der Waals surface area contributed by atoms with Gasteiger partial charge in [0.2, 0.25) is 0 Å². The minimum absolute atomic E-state index is 0.787. The van der Waals surface area contributed by atoms with Crippen LogP contribution in [0, 0.1) is 5.92 Å². The lowest BCUT2D eigenvalue weighted by atomic mass is 9.96. The van der Waals surface area contributed by atoms with E-state index in [-0.39, 0.29) is 0 Å². The summed E-state index contributed by atoms with van der Waals surface area (Å²) in [4.78, 5) is 4.75. The molecule has 2 N–H and O–H groups in total. The van der Waals surface area contributed by atoms with Gasteiger partial charge >= 0.3 is 0 Å². The summed E-state index contributed by atoms with van der Waals surface area (Å²) in [6, 6.07) is 5.76. The molecule has 0 amide bonds. The first-order valence-electron chi connectivity index (χ1n) is 6.96. The molecule has 0 aliphatic carbocycles. The average molecular weight is 282 g/mol. The standard InChI is InChI=1S/C15H24ClN3/c1-18(2)10-12-6-8-19(9-7-12)11-13-14(16)4-3-5-15(13)17/h3-5,12H,6-11,17H2,1-2H3. The van der Waals surface area contributed by atoms with Crippen LogP contribution in [0.1, 0.15) is 18.4 Å². The number of benzene rings is 1. The molecule has 106 valence electrons. The predicted octanol–water partition coefficient (Wildman–Crippen LogP) is 2.70. The zero-order valence-corrected chi connectivity index (χ0v) is 12.7. The molecule has 0 saturated carbocycles. The molecule has 1 fully saturated rings. The smallest absolute Gasteiger partial charge is 0.0471 e. The zero-order valence-electron chi connectivity index (χ0n) is 11.9. The summed E-state index contributed by atoms with van der Waals surface area (Å²) in [6.07, 6.45) is 2.53. The fraction of sp³-hybridized carbons (Fsp3) is 0.600. The van der Waals surface area contributed by atoms with Gasteiger partial charge in [0, 0.05) is 29.4 Å². The third-order valence-electron chi connectivity index (χ3n) is 3.87. The Morgan fingerprint density at radius 1 is 1.32 bits per heavy atom. The van der Waals surface area contributed by atoms with Gasteiger partial charge < -0.3 is 10.6 Å². The number of nitrogens with zero attached hydrogens (tertiary/aromatic N) is 2. The first kappa shape index (κ1) is 14.6. The summed E-state index contributed by atoms with van der Waals surface area (Å²) < 4.78 is 0. The zero-order chi connectivity index (χ0) is 13.8. The average Bonchev–Trinajstić information content (AvgIpc) is 2.35. The van der Waals surface area contributed by atoms with Gasteiger partial charge in [-0.05, 0) is 58.1 Å². The monoisotopic (exact) mass is 281 g/mol. The van der Waals surface area contributed by atoms with Crippen molar-refractivity contribution < 1.29 is 0 Å². The molecule has 1 heterocycles. The number of nitrogen functional groups attached to an aromatic ring is 1. The van der Waals surface area contributed by atoms with E-state index in [1.807, 2.05) is 18.2 Å². The van der Waals surface area contributed by atoms with Crippen LogP contribution in [0.3, 0.4) is 0 Å². The molecule has 0 bridgehead atoms. The van der Waals surface area contributed by atoms with Crippen LogP contribution in [0.25, 0.3) is 0 Å². The molecule has 0 radical (unpaired) electrons. The molecule has 1 saturated heterocycles. The summed E-state index contributed by atoms with van der Waals surface area (Å²) in [5.41, 5.74) is 7.90. The highest BCUT2D eigenvalue weighted by molar-refractivity contribution is 6.31. The second-order valence-corrected chi connectivity index (χ2v) is 6.20. The van der Waals surface area contributed by atoms with Crippen LogP contribution in [0.5, 0.6) is 0 Å². The third-order valence-corrected chi connectivity index (χ3v) is 4.22. The predicted molar refractivity (Wildman–Crippen MR) is 82.4 cm³/mol. The molecule has 1 aliphatic rings. The molecule has 19 heavy (non-hydrogen) atoms. The SMILES string of the molecule is CN(C)CC1CCN(Cc2c(N)cccc2Cl)CC1. The number of likely N-dealkylation sites (tertiary alicyclic amines) is 1. The van der Waals surface area contributed by atoms with Crippen LogP contribution in [0.2, 0.25) is 5.02 Å². The van der Waals surface area contributed by atoms with Crippen molar-refractivity contribution in [2.75, 3.05) is 39.5 Å². The van der Waals surface area contributed by atoms with E-state index in [1.165, 1.54) is 19.4 Å². The third kappa shape index (κ3) is 4.10.